The van der Waals surface area contributed by atoms with E-state index in [1.807, 2.05) is 12.1 Å². The molecule has 1 amide bonds. The zero-order chi connectivity index (χ0) is 25.5. The molecule has 186 valence electrons. The Kier molecular flexibility index (Phi) is 9.29. The van der Waals surface area contributed by atoms with E-state index in [2.05, 4.69) is 29.5 Å². The first-order valence-electron chi connectivity index (χ1n) is 11.6. The van der Waals surface area contributed by atoms with Gasteiger partial charge >= 0.3 is 5.97 Å². The predicted molar refractivity (Wildman–Crippen MR) is 137 cm³/mol. The summed E-state index contributed by atoms with van der Waals surface area (Å²) in [5.74, 6) is -0.288. The summed E-state index contributed by atoms with van der Waals surface area (Å²) >= 11 is 12.2. The van der Waals surface area contributed by atoms with Crippen molar-refractivity contribution in [1.29, 1.82) is 0 Å². The van der Waals surface area contributed by atoms with Crippen molar-refractivity contribution in [3.8, 4) is 0 Å². The minimum absolute atomic E-state index is 0.106. The third-order valence-corrected chi connectivity index (χ3v) is 6.16. The fourth-order valence-corrected chi connectivity index (χ4v) is 4.52. The van der Waals surface area contributed by atoms with Crippen LogP contribution >= 0.6 is 23.2 Å². The molecule has 1 aromatic heterocycles. The standard InChI is InChI=1S/C26H29Cl2N3O4/c1-4-35-24(33)12-22(31-21-9-10-23(32)18(21)11-15(2)3)16-5-7-17(8-6-16)30-26(34)25-19(27)13-29-14-20(25)28/h5-8,13-15,22,31H,4,9-12H2,1-3H3,(H,30,34). The molecule has 2 N–H and O–H groups in total. The van der Waals surface area contributed by atoms with Gasteiger partial charge in [0, 0.05) is 35.8 Å². The number of pyridine rings is 1. The zero-order valence-electron chi connectivity index (χ0n) is 20.0. The molecule has 0 saturated carbocycles. The number of nitrogens with one attached hydrogen (secondary N) is 2. The number of ether oxygens (including phenoxy) is 1. The van der Waals surface area contributed by atoms with E-state index in [0.717, 1.165) is 16.8 Å². The lowest BCUT2D eigenvalue weighted by Crippen LogP contribution is -2.25. The summed E-state index contributed by atoms with van der Waals surface area (Å²) in [5.41, 5.74) is 3.20. The van der Waals surface area contributed by atoms with Crippen LogP contribution in [-0.2, 0) is 14.3 Å². The van der Waals surface area contributed by atoms with Gasteiger partial charge in [0.15, 0.2) is 5.78 Å². The quantitative estimate of drug-likeness (QED) is 0.381. The van der Waals surface area contributed by atoms with Crippen molar-refractivity contribution in [3.05, 3.63) is 69.1 Å². The Morgan fingerprint density at radius 2 is 1.74 bits per heavy atom. The van der Waals surface area contributed by atoms with Gasteiger partial charge in [0.25, 0.3) is 5.91 Å². The Morgan fingerprint density at radius 1 is 1.09 bits per heavy atom. The lowest BCUT2D eigenvalue weighted by Gasteiger charge is -2.22. The number of halogens is 2. The number of nitrogens with zero attached hydrogens (tertiary/aromatic N) is 1. The van der Waals surface area contributed by atoms with Crippen LogP contribution < -0.4 is 10.6 Å². The minimum Gasteiger partial charge on any atom is -0.466 e. The van der Waals surface area contributed by atoms with Crippen LogP contribution in [0.3, 0.4) is 0 Å². The van der Waals surface area contributed by atoms with Gasteiger partial charge in [-0.3, -0.25) is 19.4 Å². The number of anilines is 1. The van der Waals surface area contributed by atoms with Crippen LogP contribution in [0.25, 0.3) is 0 Å². The smallest absolute Gasteiger partial charge is 0.308 e. The first-order valence-corrected chi connectivity index (χ1v) is 12.3. The van der Waals surface area contributed by atoms with Gasteiger partial charge in [0.05, 0.1) is 34.7 Å². The van der Waals surface area contributed by atoms with Crippen LogP contribution in [0.2, 0.25) is 10.0 Å². The SMILES string of the molecule is CCOC(=O)CC(NC1=C(CC(C)C)C(=O)CC1)c1ccc(NC(=O)c2c(Cl)cncc2Cl)cc1. The number of Topliss-reactive ketones (excluding diaryl/α,β-unsaturated/α-hetero) is 1. The maximum atomic E-state index is 12.7. The van der Waals surface area contributed by atoms with Gasteiger partial charge in [-0.2, -0.15) is 0 Å². The van der Waals surface area contributed by atoms with Crippen LogP contribution in [0.4, 0.5) is 5.69 Å². The van der Waals surface area contributed by atoms with Crippen molar-refractivity contribution in [2.24, 2.45) is 5.92 Å². The Bertz CT molecular complexity index is 1110. The zero-order valence-corrected chi connectivity index (χ0v) is 21.5. The number of hydrogen-bond acceptors (Lipinski definition) is 6. The topological polar surface area (TPSA) is 97.4 Å². The Morgan fingerprint density at radius 3 is 2.34 bits per heavy atom. The van der Waals surface area contributed by atoms with E-state index in [1.165, 1.54) is 12.4 Å². The minimum atomic E-state index is -0.454. The van der Waals surface area contributed by atoms with Crippen LogP contribution in [0, 0.1) is 5.92 Å². The second-order valence-electron chi connectivity index (χ2n) is 8.74. The highest BCUT2D eigenvalue weighted by atomic mass is 35.5. The first kappa shape index (κ1) is 26.7. The average molecular weight is 518 g/mol. The highest BCUT2D eigenvalue weighted by Crippen LogP contribution is 2.30. The van der Waals surface area contributed by atoms with Gasteiger partial charge in [-0.1, -0.05) is 49.2 Å². The number of ketones is 1. The summed E-state index contributed by atoms with van der Waals surface area (Å²) in [6.07, 6.45) is 4.61. The lowest BCUT2D eigenvalue weighted by molar-refractivity contribution is -0.143. The van der Waals surface area contributed by atoms with E-state index >= 15 is 0 Å². The summed E-state index contributed by atoms with van der Waals surface area (Å²) < 4.78 is 5.17. The molecule has 0 aliphatic heterocycles. The normalized spacial score (nSPS) is 14.3. The molecule has 1 unspecified atom stereocenters. The summed E-state index contributed by atoms with van der Waals surface area (Å²) in [4.78, 5) is 41.3. The maximum absolute atomic E-state index is 12.7. The molecule has 1 heterocycles. The molecule has 9 heteroatoms. The molecule has 0 radical (unpaired) electrons. The largest absolute Gasteiger partial charge is 0.466 e. The second kappa shape index (κ2) is 12.2. The molecule has 2 aromatic rings. The second-order valence-corrected chi connectivity index (χ2v) is 9.55. The highest BCUT2D eigenvalue weighted by molar-refractivity contribution is 6.40. The first-order chi connectivity index (χ1) is 16.7. The van der Waals surface area contributed by atoms with Gasteiger partial charge in [-0.25, -0.2) is 0 Å². The van der Waals surface area contributed by atoms with Crippen molar-refractivity contribution < 1.29 is 19.1 Å². The summed E-state index contributed by atoms with van der Waals surface area (Å²) in [6.45, 7) is 6.20. The molecule has 7 nitrogen and oxygen atoms in total. The molecular weight excluding hydrogens is 489 g/mol. The van der Waals surface area contributed by atoms with E-state index in [-0.39, 0.29) is 46.4 Å². The molecule has 0 bridgehead atoms. The lowest BCUT2D eigenvalue weighted by atomic mass is 9.99. The van der Waals surface area contributed by atoms with Gasteiger partial charge in [0.1, 0.15) is 0 Å². The molecule has 0 spiro atoms. The van der Waals surface area contributed by atoms with E-state index in [0.29, 0.717) is 30.9 Å². The van der Waals surface area contributed by atoms with Crippen LogP contribution in [0.15, 0.2) is 47.9 Å². The molecule has 0 fully saturated rings. The number of amides is 1. The molecule has 35 heavy (non-hydrogen) atoms. The molecular formula is C26H29Cl2N3O4. The van der Waals surface area contributed by atoms with E-state index in [9.17, 15) is 14.4 Å². The molecule has 3 rings (SSSR count). The molecule has 1 aromatic carbocycles. The van der Waals surface area contributed by atoms with Gasteiger partial charge in [-0.15, -0.1) is 0 Å². The Hall–Kier alpha value is -2.90. The van der Waals surface area contributed by atoms with Gasteiger partial charge in [0.2, 0.25) is 0 Å². The summed E-state index contributed by atoms with van der Waals surface area (Å²) in [7, 11) is 0. The fourth-order valence-electron chi connectivity index (χ4n) is 3.98. The van der Waals surface area contributed by atoms with Crippen molar-refractivity contribution in [2.45, 2.75) is 52.5 Å². The number of rotatable bonds is 10. The number of aromatic nitrogens is 1. The third-order valence-electron chi connectivity index (χ3n) is 5.59. The van der Waals surface area contributed by atoms with Crippen LogP contribution in [0.1, 0.15) is 68.4 Å². The summed E-state index contributed by atoms with van der Waals surface area (Å²) in [5, 5.41) is 6.52. The number of esters is 1. The Labute approximate surface area is 215 Å². The van der Waals surface area contributed by atoms with Crippen molar-refractivity contribution in [1.82, 2.24) is 10.3 Å². The molecule has 1 aliphatic carbocycles. The monoisotopic (exact) mass is 517 g/mol. The van der Waals surface area contributed by atoms with Crippen LogP contribution in [0.5, 0.6) is 0 Å². The number of carbonyl (C=O) groups excluding carboxylic acids is 3. The Balaban J connectivity index is 1.82. The molecule has 1 aliphatic rings. The van der Waals surface area contributed by atoms with Crippen LogP contribution in [-0.4, -0.2) is 29.3 Å². The number of allylic oxidation sites excluding steroid dienone is 2. The van der Waals surface area contributed by atoms with E-state index in [4.69, 9.17) is 27.9 Å². The number of benzene rings is 1. The molecule has 0 saturated heterocycles. The average Bonchev–Trinajstić information content (AvgIpc) is 3.12. The maximum Gasteiger partial charge on any atom is 0.308 e. The van der Waals surface area contributed by atoms with Gasteiger partial charge in [-0.05, 0) is 43.4 Å². The van der Waals surface area contributed by atoms with Crippen molar-refractivity contribution >= 4 is 46.5 Å². The van der Waals surface area contributed by atoms with Crippen molar-refractivity contribution in [3.63, 3.8) is 0 Å². The summed E-state index contributed by atoms with van der Waals surface area (Å²) in [6, 6.07) is 6.73. The van der Waals surface area contributed by atoms with E-state index < -0.39 is 5.91 Å². The fraction of sp³-hybridized carbons (Fsp3) is 0.385. The van der Waals surface area contributed by atoms with Crippen molar-refractivity contribution in [2.75, 3.05) is 11.9 Å². The predicted octanol–water partition coefficient (Wildman–Crippen LogP) is 5.89. The molecule has 1 atom stereocenters. The van der Waals surface area contributed by atoms with E-state index in [1.54, 1.807) is 19.1 Å². The van der Waals surface area contributed by atoms with Gasteiger partial charge < -0.3 is 15.4 Å². The number of carbonyl (C=O) groups is 3. The number of hydrogen-bond donors (Lipinski definition) is 2. The third kappa shape index (κ3) is 7.05. The highest BCUT2D eigenvalue weighted by Gasteiger charge is 2.27.